The van der Waals surface area contributed by atoms with E-state index >= 15 is 0 Å². The number of nitriles is 1. The fraction of sp³-hybridized carbons (Fsp3) is 0.0714. The quantitative estimate of drug-likeness (QED) is 0.919. The topological polar surface area (TPSA) is 70.0 Å². The average molecular weight is 351 g/mol. The van der Waals surface area contributed by atoms with Crippen molar-refractivity contribution in [1.82, 2.24) is 0 Å². The molecular formula is C14H11BrN2O2S. The standard InChI is InChI=1S/C14H11BrN2O2S/c15-12-3-5-13(6-4-12)17-20(18,19)14-7-1-11(2-8-14)9-10-16/h1-8,17H,9H2. The summed E-state index contributed by atoms with van der Waals surface area (Å²) in [5.74, 6) is 0. The molecule has 102 valence electrons. The van der Waals surface area contributed by atoms with Crippen LogP contribution in [0.15, 0.2) is 57.9 Å². The second-order valence-electron chi connectivity index (χ2n) is 4.09. The van der Waals surface area contributed by atoms with Gasteiger partial charge in [0.15, 0.2) is 0 Å². The van der Waals surface area contributed by atoms with Gasteiger partial charge in [0.25, 0.3) is 10.0 Å². The molecule has 1 N–H and O–H groups in total. The van der Waals surface area contributed by atoms with E-state index in [0.29, 0.717) is 5.69 Å². The van der Waals surface area contributed by atoms with Crippen molar-refractivity contribution in [3.8, 4) is 6.07 Å². The zero-order valence-corrected chi connectivity index (χ0v) is 12.8. The van der Waals surface area contributed by atoms with Crippen LogP contribution >= 0.6 is 15.9 Å². The largest absolute Gasteiger partial charge is 0.280 e. The van der Waals surface area contributed by atoms with E-state index in [1.54, 1.807) is 36.4 Å². The molecule has 0 aliphatic carbocycles. The number of anilines is 1. The van der Waals surface area contributed by atoms with Crippen molar-refractivity contribution in [1.29, 1.82) is 5.26 Å². The van der Waals surface area contributed by atoms with Gasteiger partial charge in [-0.25, -0.2) is 8.42 Å². The highest BCUT2D eigenvalue weighted by Crippen LogP contribution is 2.19. The summed E-state index contributed by atoms with van der Waals surface area (Å²) in [5.41, 5.74) is 1.28. The van der Waals surface area contributed by atoms with Gasteiger partial charge in [-0.2, -0.15) is 5.26 Å². The summed E-state index contributed by atoms with van der Waals surface area (Å²) < 4.78 is 27.7. The van der Waals surface area contributed by atoms with Crippen LogP contribution in [0.5, 0.6) is 0 Å². The molecule has 2 rings (SSSR count). The molecule has 0 radical (unpaired) electrons. The number of rotatable bonds is 4. The van der Waals surface area contributed by atoms with Crippen LogP contribution in [0.25, 0.3) is 0 Å². The predicted octanol–water partition coefficient (Wildman–Crippen LogP) is 3.32. The van der Waals surface area contributed by atoms with Gasteiger partial charge in [-0.05, 0) is 42.0 Å². The van der Waals surface area contributed by atoms with E-state index in [1.165, 1.54) is 12.1 Å². The molecule has 0 spiro atoms. The van der Waals surface area contributed by atoms with Crippen LogP contribution in [-0.4, -0.2) is 8.42 Å². The Hall–Kier alpha value is -1.84. The highest BCUT2D eigenvalue weighted by Gasteiger charge is 2.13. The first kappa shape index (κ1) is 14.6. The number of sulfonamides is 1. The normalized spacial score (nSPS) is 10.8. The fourth-order valence-corrected chi connectivity index (χ4v) is 2.93. The zero-order chi connectivity index (χ0) is 14.6. The number of nitrogens with one attached hydrogen (secondary N) is 1. The molecule has 0 saturated heterocycles. The fourth-order valence-electron chi connectivity index (χ4n) is 1.61. The smallest absolute Gasteiger partial charge is 0.261 e. The summed E-state index contributed by atoms with van der Waals surface area (Å²) in [5, 5.41) is 8.58. The number of halogens is 1. The summed E-state index contributed by atoms with van der Waals surface area (Å²) >= 11 is 3.29. The number of hydrogen-bond acceptors (Lipinski definition) is 3. The molecule has 0 amide bonds. The lowest BCUT2D eigenvalue weighted by Crippen LogP contribution is -2.12. The molecule has 4 nitrogen and oxygen atoms in total. The van der Waals surface area contributed by atoms with Crippen LogP contribution in [-0.2, 0) is 16.4 Å². The van der Waals surface area contributed by atoms with E-state index in [-0.39, 0.29) is 11.3 Å². The number of hydrogen-bond donors (Lipinski definition) is 1. The van der Waals surface area contributed by atoms with Crippen molar-refractivity contribution in [2.24, 2.45) is 0 Å². The third kappa shape index (κ3) is 3.59. The minimum absolute atomic E-state index is 0.169. The third-order valence-corrected chi connectivity index (χ3v) is 4.54. The molecule has 0 unspecified atom stereocenters. The summed E-state index contributed by atoms with van der Waals surface area (Å²) in [6, 6.07) is 15.1. The lowest BCUT2D eigenvalue weighted by Gasteiger charge is -2.08. The second kappa shape index (κ2) is 6.07. The van der Waals surface area contributed by atoms with Crippen molar-refractivity contribution < 1.29 is 8.42 Å². The Morgan fingerprint density at radius 3 is 2.20 bits per heavy atom. The van der Waals surface area contributed by atoms with Crippen LogP contribution < -0.4 is 4.72 Å². The van der Waals surface area contributed by atoms with Gasteiger partial charge in [0.1, 0.15) is 0 Å². The highest BCUT2D eigenvalue weighted by atomic mass is 79.9. The van der Waals surface area contributed by atoms with E-state index in [9.17, 15) is 8.42 Å². The zero-order valence-electron chi connectivity index (χ0n) is 10.4. The second-order valence-corrected chi connectivity index (χ2v) is 6.69. The van der Waals surface area contributed by atoms with Crippen molar-refractivity contribution >= 4 is 31.6 Å². The molecule has 0 aliphatic rings. The molecule has 0 saturated carbocycles. The molecule has 0 atom stereocenters. The van der Waals surface area contributed by atoms with Gasteiger partial charge in [-0.3, -0.25) is 4.72 Å². The Morgan fingerprint density at radius 1 is 1.05 bits per heavy atom. The van der Waals surface area contributed by atoms with Gasteiger partial charge in [-0.15, -0.1) is 0 Å². The molecular weight excluding hydrogens is 340 g/mol. The van der Waals surface area contributed by atoms with Gasteiger partial charge in [0.2, 0.25) is 0 Å². The Bertz CT molecular complexity index is 732. The molecule has 0 heterocycles. The number of benzene rings is 2. The van der Waals surface area contributed by atoms with Crippen molar-refractivity contribution in [2.45, 2.75) is 11.3 Å². The monoisotopic (exact) mass is 350 g/mol. The van der Waals surface area contributed by atoms with E-state index in [4.69, 9.17) is 5.26 Å². The average Bonchev–Trinajstić information content (AvgIpc) is 2.42. The van der Waals surface area contributed by atoms with Crippen LogP contribution in [0, 0.1) is 11.3 Å². The van der Waals surface area contributed by atoms with Crippen molar-refractivity contribution in [3.05, 3.63) is 58.6 Å². The van der Waals surface area contributed by atoms with Crippen LogP contribution in [0.4, 0.5) is 5.69 Å². The summed E-state index contributed by atoms with van der Waals surface area (Å²) in [4.78, 5) is 0.169. The highest BCUT2D eigenvalue weighted by molar-refractivity contribution is 9.10. The van der Waals surface area contributed by atoms with E-state index in [1.807, 2.05) is 6.07 Å². The maximum absolute atomic E-state index is 12.2. The van der Waals surface area contributed by atoms with E-state index in [0.717, 1.165) is 10.0 Å². The SMILES string of the molecule is N#CCc1ccc(S(=O)(=O)Nc2ccc(Br)cc2)cc1. The van der Waals surface area contributed by atoms with Crippen LogP contribution in [0.3, 0.4) is 0 Å². The first-order valence-corrected chi connectivity index (χ1v) is 8.03. The van der Waals surface area contributed by atoms with Gasteiger partial charge in [0.05, 0.1) is 17.4 Å². The first-order chi connectivity index (χ1) is 9.51. The summed E-state index contributed by atoms with van der Waals surface area (Å²) in [6.07, 6.45) is 0.264. The van der Waals surface area contributed by atoms with E-state index < -0.39 is 10.0 Å². The number of nitrogens with zero attached hydrogens (tertiary/aromatic N) is 1. The van der Waals surface area contributed by atoms with Gasteiger partial charge < -0.3 is 0 Å². The Balaban J connectivity index is 2.22. The Labute approximate surface area is 126 Å². The maximum atomic E-state index is 12.2. The molecule has 2 aromatic carbocycles. The molecule has 0 fully saturated rings. The Kier molecular flexibility index (Phi) is 4.42. The minimum Gasteiger partial charge on any atom is -0.280 e. The molecule has 0 bridgehead atoms. The molecule has 0 aromatic heterocycles. The van der Waals surface area contributed by atoms with E-state index in [2.05, 4.69) is 20.7 Å². The van der Waals surface area contributed by atoms with Gasteiger partial charge in [-0.1, -0.05) is 28.1 Å². The molecule has 0 aliphatic heterocycles. The van der Waals surface area contributed by atoms with Crippen LogP contribution in [0.2, 0.25) is 0 Å². The molecule has 6 heteroatoms. The third-order valence-electron chi connectivity index (χ3n) is 2.61. The first-order valence-electron chi connectivity index (χ1n) is 5.75. The summed E-state index contributed by atoms with van der Waals surface area (Å²) in [6.45, 7) is 0. The van der Waals surface area contributed by atoms with Crippen LogP contribution in [0.1, 0.15) is 5.56 Å². The lowest BCUT2D eigenvalue weighted by molar-refractivity contribution is 0.601. The van der Waals surface area contributed by atoms with Gasteiger partial charge >= 0.3 is 0 Å². The predicted molar refractivity (Wildman–Crippen MR) is 80.7 cm³/mol. The molecule has 2 aromatic rings. The Morgan fingerprint density at radius 2 is 1.65 bits per heavy atom. The minimum atomic E-state index is -3.61. The molecule has 20 heavy (non-hydrogen) atoms. The van der Waals surface area contributed by atoms with Crippen molar-refractivity contribution in [3.63, 3.8) is 0 Å². The summed E-state index contributed by atoms with van der Waals surface area (Å²) in [7, 11) is -3.61. The lowest BCUT2D eigenvalue weighted by atomic mass is 10.2. The maximum Gasteiger partial charge on any atom is 0.261 e. The van der Waals surface area contributed by atoms with Crippen molar-refractivity contribution in [2.75, 3.05) is 4.72 Å². The van der Waals surface area contributed by atoms with Gasteiger partial charge in [0, 0.05) is 10.2 Å².